The molecule has 12 heteroatoms. The van der Waals surface area contributed by atoms with Crippen molar-refractivity contribution in [3.05, 3.63) is 48.5 Å². The van der Waals surface area contributed by atoms with Crippen LogP contribution in [0.25, 0.3) is 21.7 Å². The summed E-state index contributed by atoms with van der Waals surface area (Å²) in [6, 6.07) is 13.3. The van der Waals surface area contributed by atoms with Crippen molar-refractivity contribution in [2.75, 3.05) is 13.2 Å². The molecule has 6 rings (SSSR count). The number of hydrogen-bond acceptors (Lipinski definition) is 8. The fraction of sp³-hybridized carbons (Fsp3) is 0.564. The summed E-state index contributed by atoms with van der Waals surface area (Å²) in [5, 5.41) is 5.35. The Morgan fingerprint density at radius 2 is 1.69 bits per heavy atom. The van der Waals surface area contributed by atoms with E-state index in [-0.39, 0.29) is 51.7 Å². The summed E-state index contributed by atoms with van der Waals surface area (Å²) in [4.78, 5) is 61.2. The SMILES string of the molecule is CCOC(=O)[C@]12CC(=O)[C@@H]3C[C@@H](Oc4nc5ccccc5c5ccccc45)CN3C(=O)[C@@H](NC(=O)OC(C)(C)C)CCCCCC(F)(F)C[C@@H]1C2. The number of nitrogens with one attached hydrogen (secondary N) is 1. The van der Waals surface area contributed by atoms with Gasteiger partial charge in [-0.25, -0.2) is 18.6 Å². The van der Waals surface area contributed by atoms with Crippen molar-refractivity contribution in [1.82, 2.24) is 15.2 Å². The quantitative estimate of drug-likeness (QED) is 0.219. The average Bonchev–Trinajstić information content (AvgIpc) is 3.56. The number of alkyl carbamates (subject to hydrolysis) is 1. The molecule has 3 fully saturated rings. The highest BCUT2D eigenvalue weighted by Crippen LogP contribution is 2.61. The molecule has 1 aliphatic carbocycles. The molecule has 2 aromatic carbocycles. The lowest BCUT2D eigenvalue weighted by Crippen LogP contribution is -2.52. The van der Waals surface area contributed by atoms with Gasteiger partial charge in [0, 0.05) is 36.5 Å². The maximum atomic E-state index is 15.2. The summed E-state index contributed by atoms with van der Waals surface area (Å²) in [5.74, 6) is -4.99. The van der Waals surface area contributed by atoms with Gasteiger partial charge in [0.1, 0.15) is 17.7 Å². The lowest BCUT2D eigenvalue weighted by atomic mass is 9.90. The Morgan fingerprint density at radius 3 is 2.41 bits per heavy atom. The Morgan fingerprint density at radius 1 is 0.980 bits per heavy atom. The lowest BCUT2D eigenvalue weighted by Gasteiger charge is -2.30. The Kier molecular flexibility index (Phi) is 10.3. The number of fused-ring (bicyclic) bond motifs is 5. The van der Waals surface area contributed by atoms with E-state index < -0.39 is 71.2 Å². The van der Waals surface area contributed by atoms with Crippen molar-refractivity contribution in [3.63, 3.8) is 0 Å². The highest BCUT2D eigenvalue weighted by Gasteiger charge is 2.64. The van der Waals surface area contributed by atoms with Gasteiger partial charge in [-0.1, -0.05) is 49.2 Å². The highest BCUT2D eigenvalue weighted by molar-refractivity contribution is 6.07. The number of ketones is 1. The highest BCUT2D eigenvalue weighted by atomic mass is 19.3. The van der Waals surface area contributed by atoms with Crippen LogP contribution in [0.5, 0.6) is 5.88 Å². The van der Waals surface area contributed by atoms with Crippen molar-refractivity contribution in [3.8, 4) is 5.88 Å². The Bertz CT molecular complexity index is 1810. The Hall–Kier alpha value is -4.35. The number of pyridine rings is 1. The maximum Gasteiger partial charge on any atom is 0.408 e. The lowest BCUT2D eigenvalue weighted by molar-refractivity contribution is -0.153. The topological polar surface area (TPSA) is 124 Å². The third-order valence-corrected chi connectivity index (χ3v) is 10.2. The Balaban J connectivity index is 1.34. The van der Waals surface area contributed by atoms with Crippen molar-refractivity contribution in [1.29, 1.82) is 0 Å². The molecular formula is C39H47F2N3O7. The van der Waals surface area contributed by atoms with E-state index in [1.807, 2.05) is 48.5 Å². The van der Waals surface area contributed by atoms with Gasteiger partial charge in [-0.2, -0.15) is 0 Å². The van der Waals surface area contributed by atoms with Crippen LogP contribution in [0.3, 0.4) is 0 Å². The Labute approximate surface area is 296 Å². The second-order valence-electron chi connectivity index (χ2n) is 15.2. The van der Waals surface area contributed by atoms with Crippen LogP contribution in [-0.4, -0.2) is 76.5 Å². The van der Waals surface area contributed by atoms with Crippen LogP contribution >= 0.6 is 0 Å². The van der Waals surface area contributed by atoms with E-state index in [0.717, 1.165) is 21.7 Å². The zero-order chi connectivity index (χ0) is 36.6. The number of aromatic nitrogens is 1. The molecule has 3 heterocycles. The number of carbonyl (C=O) groups is 4. The molecule has 0 spiro atoms. The molecule has 0 bridgehead atoms. The van der Waals surface area contributed by atoms with Gasteiger partial charge in [-0.15, -0.1) is 0 Å². The normalized spacial score (nSPS) is 27.1. The zero-order valence-electron chi connectivity index (χ0n) is 29.7. The van der Waals surface area contributed by atoms with Crippen LogP contribution in [0.1, 0.15) is 85.5 Å². The number of esters is 1. The summed E-state index contributed by atoms with van der Waals surface area (Å²) < 4.78 is 47.7. The molecule has 1 aromatic heterocycles. The van der Waals surface area contributed by atoms with E-state index >= 15 is 8.78 Å². The number of hydrogen-bond donors (Lipinski definition) is 1. The minimum Gasteiger partial charge on any atom is -0.472 e. The third kappa shape index (κ3) is 8.10. The van der Waals surface area contributed by atoms with Gasteiger partial charge in [0.2, 0.25) is 17.7 Å². The van der Waals surface area contributed by atoms with Gasteiger partial charge < -0.3 is 24.4 Å². The molecule has 3 aromatic rings. The first-order chi connectivity index (χ1) is 24.2. The fourth-order valence-corrected chi connectivity index (χ4v) is 7.72. The van der Waals surface area contributed by atoms with E-state index in [2.05, 4.69) is 5.32 Å². The number of nitrogens with zero attached hydrogens (tertiary/aromatic N) is 2. The standard InChI is InChI=1S/C39H47F2N3O7/c1-5-49-35(47)38-20-24(38)21-39(40,41)18-12-6-7-17-30(43-36(48)51-37(2,3)4)34(46)44-23-25(19-31(44)32(45)22-38)50-33-28-15-9-8-13-26(28)27-14-10-11-16-29(27)42-33/h8-11,13-16,24-25,30-31H,5-7,12,17-23H2,1-4H3,(H,43,48)/t24-,25+,30-,31-,38+/m0/s1. The number of amides is 2. The second-order valence-corrected chi connectivity index (χ2v) is 15.2. The number of carbonyl (C=O) groups excluding carboxylic acids is 4. The van der Waals surface area contributed by atoms with Crippen LogP contribution < -0.4 is 10.1 Å². The van der Waals surface area contributed by atoms with Gasteiger partial charge in [0.15, 0.2) is 5.78 Å². The molecule has 0 unspecified atom stereocenters. The molecule has 1 N–H and O–H groups in total. The first-order valence-corrected chi connectivity index (χ1v) is 18.0. The van der Waals surface area contributed by atoms with Crippen LogP contribution in [0.15, 0.2) is 48.5 Å². The van der Waals surface area contributed by atoms with E-state index in [1.165, 1.54) is 4.90 Å². The molecule has 2 saturated heterocycles. The molecule has 5 atom stereocenters. The van der Waals surface area contributed by atoms with E-state index in [0.29, 0.717) is 18.7 Å². The molecule has 274 valence electrons. The van der Waals surface area contributed by atoms with Crippen molar-refractivity contribution < 1.29 is 42.2 Å². The molecule has 51 heavy (non-hydrogen) atoms. The van der Waals surface area contributed by atoms with Crippen LogP contribution in [0.4, 0.5) is 13.6 Å². The second kappa shape index (κ2) is 14.3. The molecule has 0 radical (unpaired) electrons. The predicted octanol–water partition coefficient (Wildman–Crippen LogP) is 7.15. The molecule has 10 nitrogen and oxygen atoms in total. The molecule has 2 amide bonds. The van der Waals surface area contributed by atoms with Crippen molar-refractivity contribution in [2.45, 2.75) is 115 Å². The smallest absolute Gasteiger partial charge is 0.408 e. The number of Topliss-reactive ketones (excluding diaryl/α,β-unsaturated/α-hetero) is 1. The number of alkyl halides is 2. The summed E-state index contributed by atoms with van der Waals surface area (Å²) in [7, 11) is 0. The molecule has 1 saturated carbocycles. The third-order valence-electron chi connectivity index (χ3n) is 10.2. The van der Waals surface area contributed by atoms with Crippen LogP contribution in [0, 0.1) is 11.3 Å². The maximum absolute atomic E-state index is 15.2. The van der Waals surface area contributed by atoms with Crippen molar-refractivity contribution in [2.24, 2.45) is 11.3 Å². The van der Waals surface area contributed by atoms with E-state index in [9.17, 15) is 19.2 Å². The molecule has 2 aliphatic heterocycles. The number of para-hydroxylation sites is 1. The van der Waals surface area contributed by atoms with Gasteiger partial charge in [-0.3, -0.25) is 14.4 Å². The largest absolute Gasteiger partial charge is 0.472 e. The van der Waals surface area contributed by atoms with E-state index in [1.54, 1.807) is 27.7 Å². The minimum absolute atomic E-state index is 0.0124. The van der Waals surface area contributed by atoms with Crippen molar-refractivity contribution >= 4 is 45.4 Å². The van der Waals surface area contributed by atoms with E-state index in [4.69, 9.17) is 19.2 Å². The van der Waals surface area contributed by atoms with Gasteiger partial charge in [0.05, 0.1) is 30.1 Å². The van der Waals surface area contributed by atoms with Gasteiger partial charge in [-0.05, 0) is 70.4 Å². The number of halogens is 2. The summed E-state index contributed by atoms with van der Waals surface area (Å²) in [6.07, 6.45) is -1.33. The monoisotopic (exact) mass is 707 g/mol. The first-order valence-electron chi connectivity index (χ1n) is 18.0. The van der Waals surface area contributed by atoms with Crippen LogP contribution in [-0.2, 0) is 23.9 Å². The predicted molar refractivity (Wildman–Crippen MR) is 186 cm³/mol. The summed E-state index contributed by atoms with van der Waals surface area (Å²) in [5.41, 5.74) is -1.49. The molecule has 3 aliphatic rings. The summed E-state index contributed by atoms with van der Waals surface area (Å²) >= 11 is 0. The molecular weight excluding hydrogens is 660 g/mol. The number of benzene rings is 2. The number of ether oxygens (including phenoxy) is 3. The fourth-order valence-electron chi connectivity index (χ4n) is 7.72. The average molecular weight is 708 g/mol. The zero-order valence-corrected chi connectivity index (χ0v) is 29.7. The minimum atomic E-state index is -3.03. The van der Waals surface area contributed by atoms with Gasteiger partial charge >= 0.3 is 12.1 Å². The first kappa shape index (κ1) is 36.4. The van der Waals surface area contributed by atoms with Crippen LogP contribution in [0.2, 0.25) is 0 Å². The number of rotatable bonds is 5. The van der Waals surface area contributed by atoms with Gasteiger partial charge in [0.25, 0.3) is 0 Å². The summed E-state index contributed by atoms with van der Waals surface area (Å²) in [6.45, 7) is 6.81.